The van der Waals surface area contributed by atoms with Crippen LogP contribution in [0.3, 0.4) is 0 Å². The number of hydrogen-bond donors (Lipinski definition) is 1. The highest BCUT2D eigenvalue weighted by Gasteiger charge is 2.22. The minimum Gasteiger partial charge on any atom is -0.323 e. The van der Waals surface area contributed by atoms with Crippen LogP contribution in [0.25, 0.3) is 0 Å². The van der Waals surface area contributed by atoms with Crippen LogP contribution in [0.5, 0.6) is 0 Å². The van der Waals surface area contributed by atoms with Crippen LogP contribution >= 0.6 is 11.6 Å². The van der Waals surface area contributed by atoms with E-state index in [-0.39, 0.29) is 24.3 Å². The smallest absolute Gasteiger partial charge is 0.244 e. The van der Waals surface area contributed by atoms with E-state index in [1.807, 2.05) is 25.1 Å². The lowest BCUT2D eigenvalue weighted by Crippen LogP contribution is -2.37. The molecule has 0 saturated carbocycles. The molecule has 0 aliphatic carbocycles. The number of carbonyl (C=O) groups is 2. The van der Waals surface area contributed by atoms with Crippen molar-refractivity contribution < 1.29 is 9.59 Å². The molecule has 0 aliphatic rings. The summed E-state index contributed by atoms with van der Waals surface area (Å²) in [5, 5.41) is 3.23. The fraction of sp³-hybridized carbons (Fsp3) is 0.300. The van der Waals surface area contributed by atoms with E-state index in [0.717, 1.165) is 16.8 Å². The third kappa shape index (κ3) is 4.60. The minimum absolute atomic E-state index is 0.0644. The highest BCUT2D eigenvalue weighted by molar-refractivity contribution is 6.33. The van der Waals surface area contributed by atoms with Gasteiger partial charge in [-0.15, -0.1) is 0 Å². The van der Waals surface area contributed by atoms with Crippen LogP contribution in [0.1, 0.15) is 37.8 Å². The van der Waals surface area contributed by atoms with E-state index in [9.17, 15) is 9.59 Å². The van der Waals surface area contributed by atoms with E-state index in [1.54, 1.807) is 24.3 Å². The van der Waals surface area contributed by atoms with Crippen molar-refractivity contribution in [3.8, 4) is 0 Å². The molecule has 0 atom stereocenters. The van der Waals surface area contributed by atoms with Crippen LogP contribution < -0.4 is 10.2 Å². The van der Waals surface area contributed by atoms with Gasteiger partial charge in [0.05, 0.1) is 16.4 Å². The van der Waals surface area contributed by atoms with Gasteiger partial charge >= 0.3 is 0 Å². The molecule has 4 nitrogen and oxygen atoms in total. The Morgan fingerprint density at radius 3 is 2.40 bits per heavy atom. The number of carbonyl (C=O) groups excluding carboxylic acids is 2. The quantitative estimate of drug-likeness (QED) is 0.837. The normalized spacial score (nSPS) is 10.6. The van der Waals surface area contributed by atoms with Crippen molar-refractivity contribution in [1.29, 1.82) is 0 Å². The molecule has 2 amide bonds. The standard InChI is InChI=1S/C20H23ClN2O2/c1-13(2)16-9-7-8-14(3)20(16)23(15(4)24)12-19(25)22-18-11-6-5-10-17(18)21/h5-11,13H,12H2,1-4H3,(H,22,25). The Bertz CT molecular complexity index is 787. The van der Waals surface area contributed by atoms with Gasteiger partial charge in [-0.25, -0.2) is 0 Å². The van der Waals surface area contributed by atoms with E-state index in [0.29, 0.717) is 10.7 Å². The summed E-state index contributed by atoms with van der Waals surface area (Å²) in [6.45, 7) is 7.49. The summed E-state index contributed by atoms with van der Waals surface area (Å²) in [4.78, 5) is 26.3. The third-order valence-electron chi connectivity index (χ3n) is 3.99. The lowest BCUT2D eigenvalue weighted by Gasteiger charge is -2.27. The summed E-state index contributed by atoms with van der Waals surface area (Å²) in [6.07, 6.45) is 0. The monoisotopic (exact) mass is 358 g/mol. The Kier molecular flexibility index (Phi) is 6.21. The third-order valence-corrected chi connectivity index (χ3v) is 4.32. The lowest BCUT2D eigenvalue weighted by molar-refractivity contribution is -0.120. The Hall–Kier alpha value is -2.33. The molecule has 2 aromatic rings. The molecule has 0 heterocycles. The largest absolute Gasteiger partial charge is 0.323 e. The Morgan fingerprint density at radius 1 is 1.12 bits per heavy atom. The number of hydrogen-bond acceptors (Lipinski definition) is 2. The number of halogens is 1. The first-order valence-electron chi connectivity index (χ1n) is 8.23. The second kappa shape index (κ2) is 8.17. The zero-order valence-electron chi connectivity index (χ0n) is 15.0. The minimum atomic E-state index is -0.291. The molecule has 0 fully saturated rings. The summed E-state index contributed by atoms with van der Waals surface area (Å²) in [7, 11) is 0. The fourth-order valence-corrected chi connectivity index (χ4v) is 2.94. The number of anilines is 2. The summed E-state index contributed by atoms with van der Waals surface area (Å²) in [5.41, 5.74) is 3.35. The van der Waals surface area contributed by atoms with Crippen LogP contribution in [-0.2, 0) is 9.59 Å². The van der Waals surface area contributed by atoms with E-state index in [1.165, 1.54) is 11.8 Å². The van der Waals surface area contributed by atoms with Gasteiger partial charge in [-0.05, 0) is 36.1 Å². The molecule has 0 radical (unpaired) electrons. The van der Waals surface area contributed by atoms with Crippen LogP contribution in [0, 0.1) is 6.92 Å². The first-order valence-corrected chi connectivity index (χ1v) is 8.61. The summed E-state index contributed by atoms with van der Waals surface area (Å²) < 4.78 is 0. The number of amides is 2. The number of rotatable bonds is 5. The van der Waals surface area contributed by atoms with Crippen molar-refractivity contribution in [1.82, 2.24) is 0 Å². The molecule has 0 bridgehead atoms. The maximum atomic E-state index is 12.5. The van der Waals surface area contributed by atoms with Crippen molar-refractivity contribution in [2.75, 3.05) is 16.8 Å². The second-order valence-corrected chi connectivity index (χ2v) is 6.71. The molecule has 2 aromatic carbocycles. The molecule has 0 aromatic heterocycles. The number of nitrogens with one attached hydrogen (secondary N) is 1. The Balaban J connectivity index is 2.30. The molecule has 0 aliphatic heterocycles. The zero-order chi connectivity index (χ0) is 18.6. The number of aryl methyl sites for hydroxylation is 1. The van der Waals surface area contributed by atoms with Gasteiger partial charge in [0, 0.05) is 6.92 Å². The first-order chi connectivity index (χ1) is 11.8. The van der Waals surface area contributed by atoms with Crippen LogP contribution in [0.15, 0.2) is 42.5 Å². The van der Waals surface area contributed by atoms with Crippen molar-refractivity contribution in [3.63, 3.8) is 0 Å². The summed E-state index contributed by atoms with van der Waals surface area (Å²) in [6, 6.07) is 12.9. The van der Waals surface area contributed by atoms with E-state index < -0.39 is 0 Å². The highest BCUT2D eigenvalue weighted by atomic mass is 35.5. The van der Waals surface area contributed by atoms with Crippen LogP contribution in [0.2, 0.25) is 5.02 Å². The van der Waals surface area contributed by atoms with E-state index >= 15 is 0 Å². The van der Waals surface area contributed by atoms with Gasteiger partial charge in [-0.1, -0.05) is 55.8 Å². The van der Waals surface area contributed by atoms with Crippen molar-refractivity contribution in [3.05, 3.63) is 58.6 Å². The number of para-hydroxylation sites is 2. The van der Waals surface area contributed by atoms with Gasteiger partial charge in [0.1, 0.15) is 6.54 Å². The second-order valence-electron chi connectivity index (χ2n) is 6.30. The van der Waals surface area contributed by atoms with Gasteiger partial charge in [0.15, 0.2) is 0 Å². The van der Waals surface area contributed by atoms with E-state index in [2.05, 4.69) is 19.2 Å². The molecule has 0 spiro atoms. The van der Waals surface area contributed by atoms with Crippen molar-refractivity contribution >= 4 is 34.8 Å². The molecule has 1 N–H and O–H groups in total. The molecule has 0 unspecified atom stereocenters. The average Bonchev–Trinajstić information content (AvgIpc) is 2.54. The fourth-order valence-electron chi connectivity index (χ4n) is 2.76. The topological polar surface area (TPSA) is 49.4 Å². The Morgan fingerprint density at radius 2 is 1.80 bits per heavy atom. The van der Waals surface area contributed by atoms with Crippen LogP contribution in [-0.4, -0.2) is 18.4 Å². The van der Waals surface area contributed by atoms with Gasteiger partial charge in [0.25, 0.3) is 0 Å². The molecule has 0 saturated heterocycles. The summed E-state index contributed by atoms with van der Waals surface area (Å²) >= 11 is 6.08. The Labute approximate surface area is 153 Å². The molecule has 132 valence electrons. The molecule has 25 heavy (non-hydrogen) atoms. The molecular formula is C20H23ClN2O2. The van der Waals surface area contributed by atoms with Gasteiger partial charge in [0.2, 0.25) is 11.8 Å². The first kappa shape index (κ1) is 19.0. The lowest BCUT2D eigenvalue weighted by atomic mass is 9.97. The number of nitrogens with zero attached hydrogens (tertiary/aromatic N) is 1. The maximum Gasteiger partial charge on any atom is 0.244 e. The molecule has 2 rings (SSSR count). The van der Waals surface area contributed by atoms with Crippen molar-refractivity contribution in [2.45, 2.75) is 33.6 Å². The maximum absolute atomic E-state index is 12.5. The molecular weight excluding hydrogens is 336 g/mol. The van der Waals surface area contributed by atoms with Gasteiger partial charge in [-0.2, -0.15) is 0 Å². The summed E-state index contributed by atoms with van der Waals surface area (Å²) in [5.74, 6) is -0.227. The predicted octanol–water partition coefficient (Wildman–Crippen LogP) is 4.76. The molecule has 5 heteroatoms. The zero-order valence-corrected chi connectivity index (χ0v) is 15.7. The average molecular weight is 359 g/mol. The van der Waals surface area contributed by atoms with Gasteiger partial charge in [-0.3, -0.25) is 9.59 Å². The highest BCUT2D eigenvalue weighted by Crippen LogP contribution is 2.31. The predicted molar refractivity (Wildman–Crippen MR) is 103 cm³/mol. The SMILES string of the molecule is CC(=O)N(CC(=O)Nc1ccccc1Cl)c1c(C)cccc1C(C)C. The van der Waals surface area contributed by atoms with E-state index in [4.69, 9.17) is 11.6 Å². The number of benzene rings is 2. The van der Waals surface area contributed by atoms with Crippen LogP contribution in [0.4, 0.5) is 11.4 Å². The van der Waals surface area contributed by atoms with Crippen molar-refractivity contribution in [2.24, 2.45) is 0 Å². The van der Waals surface area contributed by atoms with Gasteiger partial charge < -0.3 is 10.2 Å².